The molecule has 0 N–H and O–H groups in total. The lowest BCUT2D eigenvalue weighted by atomic mass is 9.87. The molecule has 0 aromatic rings. The predicted molar refractivity (Wildman–Crippen MR) is 48.6 cm³/mol. The summed E-state index contributed by atoms with van der Waals surface area (Å²) in [5.74, 6) is 0. The van der Waals surface area contributed by atoms with Crippen molar-refractivity contribution in [2.45, 2.75) is 45.4 Å². The van der Waals surface area contributed by atoms with E-state index < -0.39 is 0 Å². The number of alkyl halides is 1. The minimum Gasteiger partial charge on any atom is -0.198 e. The van der Waals surface area contributed by atoms with Gasteiger partial charge in [-0.3, -0.25) is 0 Å². The zero-order valence-electron chi connectivity index (χ0n) is 7.74. The van der Waals surface area contributed by atoms with Crippen molar-refractivity contribution in [2.75, 3.05) is 0 Å². The molecule has 0 unspecified atom stereocenters. The third kappa shape index (κ3) is 6.19. The largest absolute Gasteiger partial charge is 0.198 e. The Labute approximate surface area is 74.4 Å². The predicted octanol–water partition coefficient (Wildman–Crippen LogP) is 3.33. The second kappa shape index (κ2) is 3.45. The van der Waals surface area contributed by atoms with E-state index in [4.69, 9.17) is 16.9 Å². The summed E-state index contributed by atoms with van der Waals surface area (Å²) < 4.78 is 0. The maximum Gasteiger partial charge on any atom is 0.0683 e. The summed E-state index contributed by atoms with van der Waals surface area (Å²) in [6.07, 6.45) is 1.75. The Morgan fingerprint density at radius 2 is 1.64 bits per heavy atom. The van der Waals surface area contributed by atoms with Crippen molar-refractivity contribution in [3.63, 3.8) is 0 Å². The highest BCUT2D eigenvalue weighted by Gasteiger charge is 2.21. The minimum atomic E-state index is -0.230. The molecule has 0 aromatic heterocycles. The minimum absolute atomic E-state index is 0.172. The van der Waals surface area contributed by atoms with Gasteiger partial charge in [0.1, 0.15) is 0 Å². The molecule has 0 heterocycles. The summed E-state index contributed by atoms with van der Waals surface area (Å²) in [5, 5.41) is 8.70. The smallest absolute Gasteiger partial charge is 0.0683 e. The first-order valence-corrected chi connectivity index (χ1v) is 4.25. The Balaban J connectivity index is 3.83. The fourth-order valence-corrected chi connectivity index (χ4v) is 0.760. The van der Waals surface area contributed by atoms with Crippen molar-refractivity contribution in [3.8, 4) is 6.07 Å². The third-order valence-electron chi connectivity index (χ3n) is 1.65. The zero-order valence-corrected chi connectivity index (χ0v) is 8.50. The summed E-state index contributed by atoms with van der Waals surface area (Å²) in [7, 11) is 0. The van der Waals surface area contributed by atoms with Crippen LogP contribution in [0.25, 0.3) is 0 Å². The quantitative estimate of drug-likeness (QED) is 0.601. The van der Waals surface area contributed by atoms with Crippen LogP contribution in [-0.2, 0) is 0 Å². The van der Waals surface area contributed by atoms with Gasteiger partial charge in [0, 0.05) is 4.87 Å². The average molecular weight is 174 g/mol. The number of nitriles is 1. The topological polar surface area (TPSA) is 23.8 Å². The monoisotopic (exact) mass is 173 g/mol. The lowest BCUT2D eigenvalue weighted by molar-refractivity contribution is 0.405. The van der Waals surface area contributed by atoms with Crippen LogP contribution in [0.1, 0.15) is 40.5 Å². The second-order valence-electron chi connectivity index (χ2n) is 4.21. The van der Waals surface area contributed by atoms with E-state index in [0.29, 0.717) is 0 Å². The van der Waals surface area contributed by atoms with E-state index in [0.717, 1.165) is 12.8 Å². The lowest BCUT2D eigenvalue weighted by Gasteiger charge is -2.21. The van der Waals surface area contributed by atoms with Gasteiger partial charge >= 0.3 is 0 Å². The summed E-state index contributed by atoms with van der Waals surface area (Å²) >= 11 is 5.99. The first-order valence-electron chi connectivity index (χ1n) is 3.87. The van der Waals surface area contributed by atoms with Crippen molar-refractivity contribution in [1.29, 1.82) is 5.26 Å². The summed E-state index contributed by atoms with van der Waals surface area (Å²) in [4.78, 5) is -0.172. The third-order valence-corrected chi connectivity index (χ3v) is 1.84. The molecule has 0 aliphatic heterocycles. The Morgan fingerprint density at radius 3 is 1.91 bits per heavy atom. The SMILES string of the molecule is CC(C)(Cl)CCC(C)(C)C#N. The van der Waals surface area contributed by atoms with Crippen LogP contribution in [0.3, 0.4) is 0 Å². The van der Waals surface area contributed by atoms with Crippen molar-refractivity contribution < 1.29 is 0 Å². The van der Waals surface area contributed by atoms with Crippen molar-refractivity contribution in [2.24, 2.45) is 5.41 Å². The van der Waals surface area contributed by atoms with Crippen LogP contribution in [0.4, 0.5) is 0 Å². The van der Waals surface area contributed by atoms with Gasteiger partial charge in [0.15, 0.2) is 0 Å². The van der Waals surface area contributed by atoms with Crippen LogP contribution in [-0.4, -0.2) is 4.87 Å². The number of hydrogen-bond donors (Lipinski definition) is 0. The first kappa shape index (κ1) is 10.8. The molecule has 0 aromatic carbocycles. The number of rotatable bonds is 3. The van der Waals surface area contributed by atoms with Crippen LogP contribution in [0, 0.1) is 16.7 Å². The van der Waals surface area contributed by atoms with Gasteiger partial charge in [-0.1, -0.05) is 0 Å². The molecule has 0 saturated carbocycles. The van der Waals surface area contributed by atoms with Gasteiger partial charge in [0.2, 0.25) is 0 Å². The molecule has 1 nitrogen and oxygen atoms in total. The van der Waals surface area contributed by atoms with Crippen LogP contribution < -0.4 is 0 Å². The van der Waals surface area contributed by atoms with Gasteiger partial charge in [-0.05, 0) is 40.5 Å². The number of nitrogens with zero attached hydrogens (tertiary/aromatic N) is 1. The molecule has 0 radical (unpaired) electrons. The molecular formula is C9H16ClN. The molecule has 0 fully saturated rings. The molecule has 64 valence electrons. The Hall–Kier alpha value is -0.220. The Bertz CT molecular complexity index is 159. The summed E-state index contributed by atoms with van der Waals surface area (Å²) in [6, 6.07) is 2.26. The van der Waals surface area contributed by atoms with Crippen molar-refractivity contribution in [3.05, 3.63) is 0 Å². The van der Waals surface area contributed by atoms with Crippen LogP contribution in [0.2, 0.25) is 0 Å². The maximum absolute atomic E-state index is 8.70. The summed E-state index contributed by atoms with van der Waals surface area (Å²) in [5.41, 5.74) is -0.230. The highest BCUT2D eigenvalue weighted by molar-refractivity contribution is 6.23. The van der Waals surface area contributed by atoms with Gasteiger partial charge in [-0.2, -0.15) is 5.26 Å². The van der Waals surface area contributed by atoms with Gasteiger partial charge < -0.3 is 0 Å². The molecule has 0 aliphatic rings. The molecule has 2 heteroatoms. The van der Waals surface area contributed by atoms with E-state index in [-0.39, 0.29) is 10.3 Å². The lowest BCUT2D eigenvalue weighted by Crippen LogP contribution is -2.16. The molecule has 0 spiro atoms. The number of halogens is 1. The first-order chi connectivity index (χ1) is 4.77. The summed E-state index contributed by atoms with van der Waals surface area (Å²) in [6.45, 7) is 7.83. The van der Waals surface area contributed by atoms with E-state index in [9.17, 15) is 0 Å². The van der Waals surface area contributed by atoms with Crippen LogP contribution in [0.5, 0.6) is 0 Å². The number of hydrogen-bond acceptors (Lipinski definition) is 1. The molecule has 0 bridgehead atoms. The Kier molecular flexibility index (Phi) is 3.38. The van der Waals surface area contributed by atoms with E-state index in [1.807, 2.05) is 27.7 Å². The highest BCUT2D eigenvalue weighted by atomic mass is 35.5. The van der Waals surface area contributed by atoms with Gasteiger partial charge in [0.25, 0.3) is 0 Å². The second-order valence-corrected chi connectivity index (χ2v) is 5.24. The molecule has 11 heavy (non-hydrogen) atoms. The van der Waals surface area contributed by atoms with E-state index in [1.54, 1.807) is 0 Å². The molecule has 0 aliphatic carbocycles. The zero-order chi connectivity index (χ0) is 9.12. The van der Waals surface area contributed by atoms with Crippen LogP contribution >= 0.6 is 11.6 Å². The molecule has 0 rings (SSSR count). The molecule has 0 saturated heterocycles. The Morgan fingerprint density at radius 1 is 1.18 bits per heavy atom. The van der Waals surface area contributed by atoms with E-state index >= 15 is 0 Å². The van der Waals surface area contributed by atoms with Gasteiger partial charge in [0.05, 0.1) is 11.5 Å². The van der Waals surface area contributed by atoms with Crippen LogP contribution in [0.15, 0.2) is 0 Å². The standard InChI is InChI=1S/C9H16ClN/c1-8(2,7-11)5-6-9(3,4)10/h5-6H2,1-4H3. The van der Waals surface area contributed by atoms with E-state index in [2.05, 4.69) is 6.07 Å². The van der Waals surface area contributed by atoms with Crippen molar-refractivity contribution >= 4 is 11.6 Å². The van der Waals surface area contributed by atoms with Gasteiger partial charge in [-0.15, -0.1) is 11.6 Å². The maximum atomic E-state index is 8.70. The molecule has 0 amide bonds. The van der Waals surface area contributed by atoms with E-state index in [1.165, 1.54) is 0 Å². The average Bonchev–Trinajstić information content (AvgIpc) is 1.83. The molecule has 0 atom stereocenters. The fourth-order valence-electron chi connectivity index (χ4n) is 0.666. The fraction of sp³-hybridized carbons (Fsp3) is 0.889. The van der Waals surface area contributed by atoms with Gasteiger partial charge in [-0.25, -0.2) is 0 Å². The van der Waals surface area contributed by atoms with Crippen molar-refractivity contribution in [1.82, 2.24) is 0 Å². The highest BCUT2D eigenvalue weighted by Crippen LogP contribution is 2.28. The normalized spacial score (nSPS) is 12.7. The molecular weight excluding hydrogens is 158 g/mol.